The molecule has 0 bridgehead atoms. The number of amides is 1. The summed E-state index contributed by atoms with van der Waals surface area (Å²) in [6, 6.07) is 37.1. The number of halogens is 1. The molecule has 6 aromatic carbocycles. The van der Waals surface area contributed by atoms with Gasteiger partial charge in [-0.3, -0.25) is 28.0 Å². The Bertz CT molecular complexity index is 5330. The molecule has 116 heavy (non-hydrogen) atoms. The second kappa shape index (κ2) is 43.7. The number of anilines is 2. The number of benzene rings is 6. The molecule has 9 rings (SSSR count). The molecular weight excluding hydrogens is 1630 g/mol. The van der Waals surface area contributed by atoms with Crippen molar-refractivity contribution in [3.05, 3.63) is 255 Å². The lowest BCUT2D eigenvalue weighted by molar-refractivity contribution is -0.439. The Morgan fingerprint density at radius 3 is 1.64 bits per heavy atom. The number of carbonyl (C=O) groups is 5. The number of carboxylic acids is 3. The molecular formula is C86H102BrN4O21S4+. The summed E-state index contributed by atoms with van der Waals surface area (Å²) in [4.78, 5) is 58.4. The van der Waals surface area contributed by atoms with Crippen LogP contribution < -0.4 is 31.9 Å². The van der Waals surface area contributed by atoms with E-state index in [1.165, 1.54) is 63.6 Å². The van der Waals surface area contributed by atoms with Crippen molar-refractivity contribution in [3.8, 4) is 5.75 Å². The standard InChI is InChI=1S/C46H55N3O9S2.C24H22O6.C16H23NO3S.BrH.O3S/c1-7-8-27-48-39-23-15-32(2)30-37(39)45(3,4)42(48)25-16-33(17-26-43(50)47-35-20-18-34(19-21-35)44(51)52)13-9-10-14-41-46(5,6)38-31-36(60(56,57)58)22-24-40(38)49(41)28-11-12-29-59(53,54)55;25-17-30-22-14-9-20(10-15-22)6-5-18(11-16-23(26)27)3-1-2-4-19-7-12-21(13-8-19)24(28)29;1-12-7-8-15-14(11-12)16(3,4)13(2)17(15)9-5-6-10-21(18,19)20;;1-4(2)3/h9-10,13-16,18-25,30-31H,7-8,11-12,17,26-29H2,1-6H3,(H3-,47,50,51,52,53,54,55,56,57,58);1-3,5-10,12-15,17H,4,11,16H2,(H,26,27)(H,28,29);7-8,11H,5-6,9-10H2,1-4H3;1H;/p+1/b;2-1+,6-5+,18-3-;;;. The van der Waals surface area contributed by atoms with Crippen LogP contribution in [0.15, 0.2) is 210 Å². The number of unbranched alkanes of at least 4 members (excludes halogenated alkanes) is 3. The lowest BCUT2D eigenvalue weighted by atomic mass is 9.80. The highest BCUT2D eigenvalue weighted by Crippen LogP contribution is 2.49. The fraction of sp³-hybridized carbons (Fsp3) is 0.337. The van der Waals surface area contributed by atoms with Gasteiger partial charge in [0.05, 0.1) is 38.4 Å². The molecule has 6 aromatic rings. The van der Waals surface area contributed by atoms with Crippen molar-refractivity contribution in [2.75, 3.05) is 41.4 Å². The highest BCUT2D eigenvalue weighted by Gasteiger charge is 2.45. The Morgan fingerprint density at radius 2 is 1.09 bits per heavy atom. The Hall–Kier alpha value is -10.2. The molecule has 3 aliphatic rings. The summed E-state index contributed by atoms with van der Waals surface area (Å²) in [7, 11) is -15.6. The molecule has 0 unspecified atom stereocenters. The Balaban J connectivity index is 0.000000352. The van der Waals surface area contributed by atoms with Gasteiger partial charge in [-0.15, -0.1) is 12.6 Å². The molecule has 0 radical (unpaired) electrons. The maximum absolute atomic E-state index is 13.2. The van der Waals surface area contributed by atoms with Crippen molar-refractivity contribution in [2.24, 2.45) is 0 Å². The maximum atomic E-state index is 13.2. The first-order chi connectivity index (χ1) is 54.0. The van der Waals surface area contributed by atoms with Gasteiger partial charge in [0, 0.05) is 91.0 Å². The van der Waals surface area contributed by atoms with Crippen LogP contribution in [0, 0.1) is 13.8 Å². The van der Waals surface area contributed by atoms with Gasteiger partial charge in [-0.05, 0) is 193 Å². The van der Waals surface area contributed by atoms with Gasteiger partial charge in [-0.1, -0.05) is 129 Å². The lowest BCUT2D eigenvalue weighted by Gasteiger charge is -2.27. The molecule has 0 aromatic heterocycles. The lowest BCUT2D eigenvalue weighted by Crippen LogP contribution is -3.00. The fourth-order valence-electron chi connectivity index (χ4n) is 13.4. The summed E-state index contributed by atoms with van der Waals surface area (Å²) in [6.07, 6.45) is 26.6. The van der Waals surface area contributed by atoms with Gasteiger partial charge < -0.3 is 47.3 Å². The van der Waals surface area contributed by atoms with E-state index in [2.05, 4.69) is 118 Å². The summed E-state index contributed by atoms with van der Waals surface area (Å²) in [5.41, 5.74) is 15.5. The quantitative estimate of drug-likeness (QED) is 0.00648. The molecule has 0 aliphatic carbocycles. The first-order valence-electron chi connectivity index (χ1n) is 37.2. The van der Waals surface area contributed by atoms with Crippen molar-refractivity contribution in [1.29, 1.82) is 0 Å². The number of aromatic carboxylic acids is 2. The van der Waals surface area contributed by atoms with E-state index in [9.17, 15) is 63.4 Å². The van der Waals surface area contributed by atoms with E-state index in [-0.39, 0.29) is 80.5 Å². The fourth-order valence-corrected chi connectivity index (χ4v) is 15.0. The Labute approximate surface area is 691 Å². The summed E-state index contributed by atoms with van der Waals surface area (Å²) in [5, 5.41) is 30.0. The molecule has 0 spiro atoms. The third kappa shape index (κ3) is 29.2. The monoisotopic (exact) mass is 1730 g/mol. The summed E-state index contributed by atoms with van der Waals surface area (Å²) in [6.45, 7) is 23.7. The largest absolute Gasteiger partial charge is 1.00 e. The zero-order valence-corrected chi connectivity index (χ0v) is 71.4. The van der Waals surface area contributed by atoms with Crippen molar-refractivity contribution in [1.82, 2.24) is 0 Å². The van der Waals surface area contributed by atoms with E-state index in [0.29, 0.717) is 62.1 Å². The predicted octanol–water partition coefficient (Wildman–Crippen LogP) is 12.5. The number of hydrogen-bond acceptors (Lipinski definition) is 16. The number of rotatable bonds is 34. The van der Waals surface area contributed by atoms with Crippen molar-refractivity contribution >= 4 is 111 Å². The zero-order chi connectivity index (χ0) is 85.2. The molecule has 0 saturated heterocycles. The molecule has 0 atom stereocenters. The van der Waals surface area contributed by atoms with Crippen LogP contribution in [0.3, 0.4) is 0 Å². The van der Waals surface area contributed by atoms with Gasteiger partial charge in [0.2, 0.25) is 17.3 Å². The topological polar surface area (TPSA) is 391 Å². The molecule has 3 aliphatic heterocycles. The van der Waals surface area contributed by atoms with Gasteiger partial charge in [-0.2, -0.15) is 34.4 Å². The van der Waals surface area contributed by atoms with Gasteiger partial charge in [0.1, 0.15) is 18.8 Å². The molecule has 1 amide bonds. The normalized spacial score (nSPS) is 15.1. The van der Waals surface area contributed by atoms with E-state index in [1.54, 1.807) is 66.7 Å². The number of nitrogens with one attached hydrogen (secondary N) is 1. The molecule has 0 saturated carbocycles. The van der Waals surface area contributed by atoms with Crippen molar-refractivity contribution < 1.29 is 122 Å². The first-order valence-corrected chi connectivity index (χ1v) is 42.9. The van der Waals surface area contributed by atoms with Crippen LogP contribution in [0.2, 0.25) is 0 Å². The average molecular weight is 1740 g/mol. The van der Waals surface area contributed by atoms with Crippen LogP contribution in [0.25, 0.3) is 6.08 Å². The van der Waals surface area contributed by atoms with E-state index in [0.717, 1.165) is 71.7 Å². The third-order valence-electron chi connectivity index (χ3n) is 19.8. The average Bonchev–Trinajstić information content (AvgIpc) is 1.60. The number of carbonyl (C=O) groups excluding carboxylic acids is 2. The highest BCUT2D eigenvalue weighted by atomic mass is 79.9. The second-order valence-electron chi connectivity index (χ2n) is 29.4. The number of fused-ring (bicyclic) bond motifs is 3. The minimum Gasteiger partial charge on any atom is -1.00 e. The van der Waals surface area contributed by atoms with Gasteiger partial charge in [0.15, 0.2) is 11.4 Å². The molecule has 25 nitrogen and oxygen atoms in total. The minimum absolute atomic E-state index is 0. The van der Waals surface area contributed by atoms with Crippen molar-refractivity contribution in [3.63, 3.8) is 0 Å². The van der Waals surface area contributed by atoms with E-state index >= 15 is 0 Å². The van der Waals surface area contributed by atoms with Crippen LogP contribution in [-0.2, 0) is 78.0 Å². The van der Waals surface area contributed by atoms with E-state index in [4.69, 9.17) is 32.1 Å². The summed E-state index contributed by atoms with van der Waals surface area (Å²) < 4.78 is 131. The van der Waals surface area contributed by atoms with Crippen LogP contribution in [0.4, 0.5) is 22.7 Å². The Kier molecular flexibility index (Phi) is 36.3. The molecule has 0 fully saturated rings. The van der Waals surface area contributed by atoms with Crippen LogP contribution >= 0.6 is 0 Å². The smallest absolute Gasteiger partial charge is 0.425 e. The van der Waals surface area contributed by atoms with Crippen LogP contribution in [-0.4, -0.2) is 149 Å². The number of allylic oxidation sites excluding steroid dienone is 13. The number of aryl methyl sites for hydroxylation is 2. The minimum atomic E-state index is -4.47. The Morgan fingerprint density at radius 1 is 0.569 bits per heavy atom. The van der Waals surface area contributed by atoms with Crippen LogP contribution in [0.1, 0.15) is 179 Å². The first kappa shape index (κ1) is 96.4. The number of carboxylic acid groups (broad SMARTS) is 3. The molecule has 622 valence electrons. The SMILES string of the molecule is CC1=[N+](CCCCS(=O)(=O)O)c2ccc(C)cc2C1(C)C.CCCC[N+]1=C(/C=C/C(=C/C=C/C=C2/N(CCCCS(=O)(=O)O)c3ccc(S(=O)(=O)O)cc3C2(C)C)CCC(=O)Nc2ccc(C(=O)O)cc2)C(C)(C)c2cc(C)ccc21.O=COc1ccc(/C=C/C(=C/C=C/Cc2ccc(C(=O)O)cc2)CCC(=O)O)cc1.O=S(=O)=O.[Br-]. The van der Waals surface area contributed by atoms with Crippen molar-refractivity contribution in [2.45, 2.75) is 161 Å². The van der Waals surface area contributed by atoms with Gasteiger partial charge >= 0.3 is 28.5 Å². The second-order valence-corrected chi connectivity index (χ2v) is 34.3. The summed E-state index contributed by atoms with van der Waals surface area (Å²) >= 11 is 0. The van der Waals surface area contributed by atoms with Crippen LogP contribution in [0.5, 0.6) is 5.75 Å². The number of nitrogens with zero attached hydrogens (tertiary/aromatic N) is 3. The van der Waals surface area contributed by atoms with Gasteiger partial charge in [0.25, 0.3) is 36.8 Å². The maximum Gasteiger partial charge on any atom is 0.425 e. The number of aliphatic carboxylic acids is 1. The molecule has 3 heterocycles. The summed E-state index contributed by atoms with van der Waals surface area (Å²) in [5.74, 6) is -3.21. The number of hydrogen-bond donors (Lipinski definition) is 7. The van der Waals surface area contributed by atoms with E-state index in [1.807, 2.05) is 73.4 Å². The molecule has 30 heteroatoms. The van der Waals surface area contributed by atoms with E-state index < -0.39 is 64.3 Å². The highest BCUT2D eigenvalue weighted by molar-refractivity contribution is 7.86. The van der Waals surface area contributed by atoms with Gasteiger partial charge in [-0.25, -0.2) is 9.59 Å². The zero-order valence-electron chi connectivity index (χ0n) is 66.5. The predicted molar refractivity (Wildman–Crippen MR) is 445 cm³/mol. The third-order valence-corrected chi connectivity index (χ3v) is 22.3. The molecule has 7 N–H and O–H groups in total. The number of ether oxygens (including phenoxy) is 1.